The SMILES string of the molecule is O=C1C(=O)N(CCN2CCOCC2)[C@H](c2ccc(Cl)cc2Cl)C1=C(O)c1ccc2c(c1)OCCO2. The third-order valence-corrected chi connectivity index (χ3v) is 6.94. The van der Waals surface area contributed by atoms with E-state index in [4.69, 9.17) is 37.4 Å². The predicted octanol–water partition coefficient (Wildman–Crippen LogP) is 3.52. The van der Waals surface area contributed by atoms with E-state index in [1.807, 2.05) is 0 Å². The lowest BCUT2D eigenvalue weighted by Gasteiger charge is -2.31. The molecule has 2 saturated heterocycles. The first-order valence-electron chi connectivity index (χ1n) is 11.4. The summed E-state index contributed by atoms with van der Waals surface area (Å²) in [5, 5.41) is 12.0. The van der Waals surface area contributed by atoms with Crippen LogP contribution in [0.2, 0.25) is 10.0 Å². The van der Waals surface area contributed by atoms with Gasteiger partial charge in [0, 0.05) is 41.8 Å². The van der Waals surface area contributed by atoms with E-state index in [2.05, 4.69) is 4.90 Å². The standard InChI is InChI=1S/C25H24Cl2N2O6/c26-16-2-3-17(18(27)14-16)22-21(23(30)15-1-4-19-20(13-15)35-12-11-34-19)24(31)25(32)29(22)6-5-28-7-9-33-10-8-28/h1-4,13-14,22,30H,5-12H2/t22-/m1/s1. The molecule has 3 aliphatic rings. The zero-order chi connectivity index (χ0) is 24.5. The van der Waals surface area contributed by atoms with Crippen LogP contribution in [-0.4, -0.2) is 79.2 Å². The highest BCUT2D eigenvalue weighted by atomic mass is 35.5. The summed E-state index contributed by atoms with van der Waals surface area (Å²) in [6, 6.07) is 8.92. The number of amides is 1. The molecule has 2 fully saturated rings. The molecule has 0 bridgehead atoms. The van der Waals surface area contributed by atoms with Gasteiger partial charge >= 0.3 is 0 Å². The number of aliphatic hydroxyl groups is 1. The lowest BCUT2D eigenvalue weighted by molar-refractivity contribution is -0.140. The maximum atomic E-state index is 13.3. The molecule has 1 N–H and O–H groups in total. The van der Waals surface area contributed by atoms with Gasteiger partial charge < -0.3 is 24.2 Å². The Morgan fingerprint density at radius 3 is 2.43 bits per heavy atom. The summed E-state index contributed by atoms with van der Waals surface area (Å²) in [5.74, 6) is -0.743. The molecule has 10 heteroatoms. The molecule has 8 nitrogen and oxygen atoms in total. The fourth-order valence-corrected chi connectivity index (χ4v) is 5.09. The minimum atomic E-state index is -0.867. The molecule has 0 spiro atoms. The molecule has 3 aliphatic heterocycles. The quantitative estimate of drug-likeness (QED) is 0.368. The Hall–Kier alpha value is -2.78. The molecule has 0 aliphatic carbocycles. The summed E-state index contributed by atoms with van der Waals surface area (Å²) < 4.78 is 16.6. The van der Waals surface area contributed by atoms with Crippen molar-refractivity contribution in [2.75, 3.05) is 52.6 Å². The van der Waals surface area contributed by atoms with Gasteiger partial charge in [0.2, 0.25) is 0 Å². The molecule has 0 aromatic heterocycles. The van der Waals surface area contributed by atoms with Crippen molar-refractivity contribution in [2.24, 2.45) is 0 Å². The van der Waals surface area contributed by atoms with Crippen molar-refractivity contribution in [2.45, 2.75) is 6.04 Å². The normalized spacial score (nSPS) is 22.0. The molecule has 0 radical (unpaired) electrons. The average molecular weight is 519 g/mol. The number of ketones is 1. The number of rotatable bonds is 5. The van der Waals surface area contributed by atoms with Crippen molar-refractivity contribution in [3.8, 4) is 11.5 Å². The van der Waals surface area contributed by atoms with Crippen LogP contribution in [0.4, 0.5) is 0 Å². The molecule has 2 aromatic carbocycles. The Morgan fingerprint density at radius 2 is 1.69 bits per heavy atom. The third kappa shape index (κ3) is 4.71. The summed E-state index contributed by atoms with van der Waals surface area (Å²) in [5.41, 5.74) is 0.824. The molecular weight excluding hydrogens is 495 g/mol. The number of benzene rings is 2. The minimum absolute atomic E-state index is 0.0297. The highest BCUT2D eigenvalue weighted by Gasteiger charge is 2.46. The molecule has 2 aromatic rings. The summed E-state index contributed by atoms with van der Waals surface area (Å²) >= 11 is 12.6. The van der Waals surface area contributed by atoms with Crippen molar-refractivity contribution in [3.63, 3.8) is 0 Å². The van der Waals surface area contributed by atoms with Gasteiger partial charge in [-0.15, -0.1) is 0 Å². The Labute approximate surface area is 212 Å². The number of morpholine rings is 1. The molecule has 0 unspecified atom stereocenters. The molecule has 1 amide bonds. The average Bonchev–Trinajstić information content (AvgIpc) is 3.12. The largest absolute Gasteiger partial charge is 0.507 e. The van der Waals surface area contributed by atoms with E-state index in [0.717, 1.165) is 13.1 Å². The number of fused-ring (bicyclic) bond motifs is 1. The summed E-state index contributed by atoms with van der Waals surface area (Å²) in [6.45, 7) is 4.38. The maximum Gasteiger partial charge on any atom is 0.295 e. The number of carbonyl (C=O) groups excluding carboxylic acids is 2. The van der Waals surface area contributed by atoms with E-state index >= 15 is 0 Å². The summed E-state index contributed by atoms with van der Waals surface area (Å²) in [4.78, 5) is 30.1. The highest BCUT2D eigenvalue weighted by Crippen LogP contribution is 2.43. The number of ether oxygens (including phenoxy) is 3. The van der Waals surface area contributed by atoms with Crippen molar-refractivity contribution in [3.05, 3.63) is 63.1 Å². The highest BCUT2D eigenvalue weighted by molar-refractivity contribution is 6.47. The zero-order valence-electron chi connectivity index (χ0n) is 18.8. The summed E-state index contributed by atoms with van der Waals surface area (Å²) in [6.07, 6.45) is 0. The van der Waals surface area contributed by atoms with Gasteiger partial charge in [0.05, 0.1) is 24.8 Å². The Morgan fingerprint density at radius 1 is 0.943 bits per heavy atom. The number of hydrogen-bond donors (Lipinski definition) is 1. The molecule has 3 heterocycles. The van der Waals surface area contributed by atoms with E-state index in [1.165, 1.54) is 4.90 Å². The second kappa shape index (κ2) is 10.1. The number of nitrogens with zero attached hydrogens (tertiary/aromatic N) is 2. The van der Waals surface area contributed by atoms with Crippen molar-refractivity contribution in [1.29, 1.82) is 0 Å². The van der Waals surface area contributed by atoms with Crippen LogP contribution in [0.3, 0.4) is 0 Å². The number of hydrogen-bond acceptors (Lipinski definition) is 7. The second-order valence-electron chi connectivity index (χ2n) is 8.47. The first-order valence-corrected chi connectivity index (χ1v) is 12.1. The topological polar surface area (TPSA) is 88.5 Å². The summed E-state index contributed by atoms with van der Waals surface area (Å²) in [7, 11) is 0. The van der Waals surface area contributed by atoms with Crippen LogP contribution in [0.15, 0.2) is 42.0 Å². The van der Waals surface area contributed by atoms with Crippen LogP contribution < -0.4 is 9.47 Å². The first-order chi connectivity index (χ1) is 16.9. The minimum Gasteiger partial charge on any atom is -0.507 e. The number of carbonyl (C=O) groups is 2. The van der Waals surface area contributed by atoms with Crippen molar-refractivity contribution in [1.82, 2.24) is 9.80 Å². The molecular formula is C25H24Cl2N2O6. The van der Waals surface area contributed by atoms with E-state index in [1.54, 1.807) is 36.4 Å². The number of Topliss-reactive ketones (excluding diaryl/α,β-unsaturated/α-hetero) is 1. The lowest BCUT2D eigenvalue weighted by atomic mass is 9.95. The van der Waals surface area contributed by atoms with Crippen LogP contribution in [-0.2, 0) is 14.3 Å². The lowest BCUT2D eigenvalue weighted by Crippen LogP contribution is -2.42. The van der Waals surface area contributed by atoms with E-state index in [9.17, 15) is 14.7 Å². The zero-order valence-corrected chi connectivity index (χ0v) is 20.3. The van der Waals surface area contributed by atoms with Crippen LogP contribution in [0, 0.1) is 0 Å². The van der Waals surface area contributed by atoms with Gasteiger partial charge in [-0.25, -0.2) is 0 Å². The van der Waals surface area contributed by atoms with Gasteiger partial charge in [-0.1, -0.05) is 29.3 Å². The monoisotopic (exact) mass is 518 g/mol. The first kappa shape index (κ1) is 23.9. The van der Waals surface area contributed by atoms with Gasteiger partial charge in [0.15, 0.2) is 11.5 Å². The molecule has 5 rings (SSSR count). The number of halogens is 2. The maximum absolute atomic E-state index is 13.3. The number of likely N-dealkylation sites (tertiary alicyclic amines) is 1. The van der Waals surface area contributed by atoms with Crippen molar-refractivity contribution >= 4 is 40.7 Å². The Kier molecular flexibility index (Phi) is 6.88. The van der Waals surface area contributed by atoms with Crippen LogP contribution in [0.5, 0.6) is 11.5 Å². The predicted molar refractivity (Wildman–Crippen MR) is 130 cm³/mol. The fraction of sp³-hybridized carbons (Fsp3) is 0.360. The van der Waals surface area contributed by atoms with Crippen LogP contribution >= 0.6 is 23.2 Å². The van der Waals surface area contributed by atoms with E-state index in [-0.39, 0.29) is 17.9 Å². The van der Waals surface area contributed by atoms with Crippen LogP contribution in [0.25, 0.3) is 5.76 Å². The van der Waals surface area contributed by atoms with Gasteiger partial charge in [-0.2, -0.15) is 0 Å². The van der Waals surface area contributed by atoms with Gasteiger partial charge in [0.25, 0.3) is 11.7 Å². The molecule has 0 saturated carbocycles. The molecule has 35 heavy (non-hydrogen) atoms. The van der Waals surface area contributed by atoms with E-state index < -0.39 is 17.7 Å². The smallest absolute Gasteiger partial charge is 0.295 e. The number of aliphatic hydroxyl groups excluding tert-OH is 1. The Balaban J connectivity index is 1.56. The Bertz CT molecular complexity index is 1190. The third-order valence-electron chi connectivity index (χ3n) is 6.37. The van der Waals surface area contributed by atoms with E-state index in [0.29, 0.717) is 65.6 Å². The molecule has 184 valence electrons. The van der Waals surface area contributed by atoms with Gasteiger partial charge in [-0.3, -0.25) is 14.5 Å². The van der Waals surface area contributed by atoms with Gasteiger partial charge in [0.1, 0.15) is 19.0 Å². The van der Waals surface area contributed by atoms with Gasteiger partial charge in [-0.05, 0) is 35.9 Å². The molecule has 1 atom stereocenters. The van der Waals surface area contributed by atoms with Crippen LogP contribution in [0.1, 0.15) is 17.2 Å². The second-order valence-corrected chi connectivity index (χ2v) is 9.31. The fourth-order valence-electron chi connectivity index (χ4n) is 4.58. The van der Waals surface area contributed by atoms with Crippen molar-refractivity contribution < 1.29 is 28.9 Å².